The summed E-state index contributed by atoms with van der Waals surface area (Å²) in [6.45, 7) is 2.02. The number of halogens is 1. The first-order valence-corrected chi connectivity index (χ1v) is 6.45. The van der Waals surface area contributed by atoms with Gasteiger partial charge in [-0.25, -0.2) is 0 Å². The number of thiophene rings is 1. The highest BCUT2D eigenvalue weighted by Gasteiger charge is 2.11. The van der Waals surface area contributed by atoms with E-state index in [1.165, 1.54) is 11.3 Å². The van der Waals surface area contributed by atoms with E-state index in [2.05, 4.69) is 31.4 Å². The van der Waals surface area contributed by atoms with E-state index in [9.17, 15) is 4.79 Å². The molecular formula is C10H10BrN3OS. The summed E-state index contributed by atoms with van der Waals surface area (Å²) in [5.74, 6) is 0.552. The minimum Gasteiger partial charge on any atom is -0.307 e. The van der Waals surface area contributed by atoms with Crippen LogP contribution in [0.2, 0.25) is 0 Å². The number of aromatic nitrogens is 2. The lowest BCUT2D eigenvalue weighted by Crippen LogP contribution is -2.12. The fourth-order valence-electron chi connectivity index (χ4n) is 1.30. The maximum Gasteiger partial charge on any atom is 0.257 e. The van der Waals surface area contributed by atoms with Gasteiger partial charge in [0.05, 0.1) is 15.5 Å². The molecule has 2 rings (SSSR count). The highest BCUT2D eigenvalue weighted by molar-refractivity contribution is 9.11. The van der Waals surface area contributed by atoms with E-state index < -0.39 is 0 Å². The second kappa shape index (κ2) is 4.80. The van der Waals surface area contributed by atoms with Gasteiger partial charge in [-0.1, -0.05) is 6.92 Å². The smallest absolute Gasteiger partial charge is 0.257 e. The van der Waals surface area contributed by atoms with Crippen LogP contribution in [0.3, 0.4) is 0 Å². The highest BCUT2D eigenvalue weighted by atomic mass is 79.9. The van der Waals surface area contributed by atoms with Crippen molar-refractivity contribution < 1.29 is 4.79 Å². The molecule has 0 aromatic carbocycles. The number of hydrogen-bond acceptors (Lipinski definition) is 3. The van der Waals surface area contributed by atoms with Crippen molar-refractivity contribution in [2.45, 2.75) is 13.3 Å². The average Bonchev–Trinajstić information content (AvgIpc) is 2.86. The molecule has 84 valence electrons. The van der Waals surface area contributed by atoms with Crippen LogP contribution in [0.25, 0.3) is 0 Å². The third-order valence-corrected chi connectivity index (χ3v) is 3.67. The predicted octanol–water partition coefficient (Wildman–Crippen LogP) is 3.05. The highest BCUT2D eigenvalue weighted by Crippen LogP contribution is 2.21. The number of amides is 1. The number of anilines is 1. The zero-order valence-corrected chi connectivity index (χ0v) is 11.0. The van der Waals surface area contributed by atoms with Crippen LogP contribution in [-0.2, 0) is 6.42 Å². The summed E-state index contributed by atoms with van der Waals surface area (Å²) in [6.07, 6.45) is 2.55. The number of rotatable bonds is 3. The molecule has 2 aromatic rings. The molecule has 0 bridgehead atoms. The lowest BCUT2D eigenvalue weighted by atomic mass is 10.2. The SMILES string of the molecule is CCc1cn[nH]c1NC(=O)c1csc(Br)c1. The van der Waals surface area contributed by atoms with Gasteiger partial charge in [0.2, 0.25) is 0 Å². The molecule has 4 nitrogen and oxygen atoms in total. The molecule has 2 aromatic heterocycles. The zero-order chi connectivity index (χ0) is 11.5. The summed E-state index contributed by atoms with van der Waals surface area (Å²) >= 11 is 4.81. The Hall–Kier alpha value is -1.14. The molecule has 2 heterocycles. The number of aromatic amines is 1. The van der Waals surface area contributed by atoms with E-state index >= 15 is 0 Å². The molecule has 2 N–H and O–H groups in total. The average molecular weight is 300 g/mol. The predicted molar refractivity (Wildman–Crippen MR) is 67.9 cm³/mol. The van der Waals surface area contributed by atoms with Gasteiger partial charge in [0.1, 0.15) is 5.82 Å². The first-order chi connectivity index (χ1) is 7.70. The minimum atomic E-state index is -0.124. The van der Waals surface area contributed by atoms with Gasteiger partial charge < -0.3 is 5.32 Å². The van der Waals surface area contributed by atoms with Crippen LogP contribution in [0.1, 0.15) is 22.8 Å². The van der Waals surface area contributed by atoms with Crippen molar-refractivity contribution in [3.8, 4) is 0 Å². The van der Waals surface area contributed by atoms with Crippen molar-refractivity contribution in [2.75, 3.05) is 5.32 Å². The van der Waals surface area contributed by atoms with Crippen LogP contribution in [0.15, 0.2) is 21.4 Å². The summed E-state index contributed by atoms with van der Waals surface area (Å²) < 4.78 is 0.943. The quantitative estimate of drug-likeness (QED) is 0.915. The molecule has 6 heteroatoms. The molecule has 1 amide bonds. The van der Waals surface area contributed by atoms with Crippen molar-refractivity contribution in [3.63, 3.8) is 0 Å². The maximum atomic E-state index is 11.8. The maximum absolute atomic E-state index is 11.8. The van der Waals surface area contributed by atoms with Gasteiger partial charge in [-0.2, -0.15) is 5.10 Å². The molecule has 0 aliphatic heterocycles. The third kappa shape index (κ3) is 2.33. The normalized spacial score (nSPS) is 10.4. The molecule has 0 fully saturated rings. The number of aryl methyl sites for hydroxylation is 1. The Morgan fingerprint density at radius 2 is 2.50 bits per heavy atom. The first kappa shape index (κ1) is 11.3. The fraction of sp³-hybridized carbons (Fsp3) is 0.200. The van der Waals surface area contributed by atoms with E-state index in [4.69, 9.17) is 0 Å². The summed E-state index contributed by atoms with van der Waals surface area (Å²) in [4.78, 5) is 11.8. The molecule has 0 saturated heterocycles. The lowest BCUT2D eigenvalue weighted by molar-refractivity contribution is 0.102. The van der Waals surface area contributed by atoms with Gasteiger partial charge in [0, 0.05) is 10.9 Å². The van der Waals surface area contributed by atoms with Crippen LogP contribution in [0, 0.1) is 0 Å². The van der Waals surface area contributed by atoms with E-state index in [1.807, 2.05) is 6.92 Å². The zero-order valence-electron chi connectivity index (χ0n) is 8.58. The Bertz CT molecular complexity index is 506. The van der Waals surface area contributed by atoms with Crippen LogP contribution in [0.4, 0.5) is 5.82 Å². The molecule has 0 radical (unpaired) electrons. The molecular weight excluding hydrogens is 290 g/mol. The van der Waals surface area contributed by atoms with E-state index in [0.717, 1.165) is 15.8 Å². The second-order valence-electron chi connectivity index (χ2n) is 3.22. The summed E-state index contributed by atoms with van der Waals surface area (Å²) in [5, 5.41) is 11.3. The minimum absolute atomic E-state index is 0.124. The molecule has 16 heavy (non-hydrogen) atoms. The van der Waals surface area contributed by atoms with Crippen molar-refractivity contribution in [1.29, 1.82) is 0 Å². The standard InChI is InChI=1S/C10H10BrN3OS/c1-2-6-4-12-14-9(6)13-10(15)7-3-8(11)16-5-7/h3-5H,2H2,1H3,(H2,12,13,14,15). The van der Waals surface area contributed by atoms with Gasteiger partial charge >= 0.3 is 0 Å². The largest absolute Gasteiger partial charge is 0.307 e. The van der Waals surface area contributed by atoms with Crippen molar-refractivity contribution >= 4 is 39.0 Å². The van der Waals surface area contributed by atoms with E-state index in [1.54, 1.807) is 17.6 Å². The van der Waals surface area contributed by atoms with Gasteiger partial charge in [-0.15, -0.1) is 11.3 Å². The number of carbonyl (C=O) groups excluding carboxylic acids is 1. The number of hydrogen-bond donors (Lipinski definition) is 2. The van der Waals surface area contributed by atoms with Gasteiger partial charge in [0.25, 0.3) is 5.91 Å². The number of H-pyrrole nitrogens is 1. The lowest BCUT2D eigenvalue weighted by Gasteiger charge is -2.02. The Morgan fingerprint density at radius 3 is 3.12 bits per heavy atom. The van der Waals surface area contributed by atoms with Crippen molar-refractivity contribution in [3.05, 3.63) is 32.6 Å². The van der Waals surface area contributed by atoms with E-state index in [-0.39, 0.29) is 5.91 Å². The summed E-state index contributed by atoms with van der Waals surface area (Å²) in [5.41, 5.74) is 1.65. The van der Waals surface area contributed by atoms with Crippen molar-refractivity contribution in [1.82, 2.24) is 10.2 Å². The van der Waals surface area contributed by atoms with Crippen LogP contribution in [0.5, 0.6) is 0 Å². The Kier molecular flexibility index (Phi) is 3.40. The number of carbonyl (C=O) groups is 1. The fourth-order valence-corrected chi connectivity index (χ4v) is 2.44. The van der Waals surface area contributed by atoms with Gasteiger partial charge in [-0.3, -0.25) is 9.89 Å². The van der Waals surface area contributed by atoms with Crippen LogP contribution < -0.4 is 5.32 Å². The topological polar surface area (TPSA) is 57.8 Å². The second-order valence-corrected chi connectivity index (χ2v) is 5.51. The first-order valence-electron chi connectivity index (χ1n) is 4.78. The van der Waals surface area contributed by atoms with Gasteiger partial charge in [-0.05, 0) is 28.4 Å². The molecule has 0 aliphatic carbocycles. The van der Waals surface area contributed by atoms with Crippen LogP contribution >= 0.6 is 27.3 Å². The Morgan fingerprint density at radius 1 is 1.69 bits per heavy atom. The van der Waals surface area contributed by atoms with Crippen molar-refractivity contribution in [2.24, 2.45) is 0 Å². The molecule has 0 unspecified atom stereocenters. The van der Waals surface area contributed by atoms with Crippen LogP contribution in [-0.4, -0.2) is 16.1 Å². The van der Waals surface area contributed by atoms with Gasteiger partial charge in [0.15, 0.2) is 0 Å². The third-order valence-electron chi connectivity index (χ3n) is 2.17. The summed E-state index contributed by atoms with van der Waals surface area (Å²) in [6, 6.07) is 1.79. The Balaban J connectivity index is 2.13. The monoisotopic (exact) mass is 299 g/mol. The number of nitrogens with zero attached hydrogens (tertiary/aromatic N) is 1. The molecule has 0 spiro atoms. The molecule has 0 saturated carbocycles. The molecule has 0 atom stereocenters. The van der Waals surface area contributed by atoms with E-state index in [0.29, 0.717) is 11.4 Å². The summed E-state index contributed by atoms with van der Waals surface area (Å²) in [7, 11) is 0. The number of nitrogens with one attached hydrogen (secondary N) is 2. The Labute approximate surface area is 105 Å². The molecule has 0 aliphatic rings.